The zero-order valence-electron chi connectivity index (χ0n) is 14.3. The highest BCUT2D eigenvalue weighted by Crippen LogP contribution is 2.31. The summed E-state index contributed by atoms with van der Waals surface area (Å²) in [6.07, 6.45) is 0.0693. The highest BCUT2D eigenvalue weighted by atomic mass is 16.5. The Balaban J connectivity index is 1.76. The molecular weight excluding hydrogens is 290 g/mol. The second-order valence-electron chi connectivity index (χ2n) is 6.62. The molecule has 124 valence electrons. The Bertz CT molecular complexity index is 626. The van der Waals surface area contributed by atoms with Crippen molar-refractivity contribution in [1.29, 1.82) is 0 Å². The predicted octanol–water partition coefficient (Wildman–Crippen LogP) is 3.54. The topological polar surface area (TPSA) is 51.4 Å². The Hall–Kier alpha value is -1.72. The minimum Gasteiger partial charge on any atom is -0.424 e. The van der Waals surface area contributed by atoms with Gasteiger partial charge in [0, 0.05) is 18.0 Å². The Labute approximate surface area is 137 Å². The van der Waals surface area contributed by atoms with Gasteiger partial charge < -0.3 is 9.15 Å². The van der Waals surface area contributed by atoms with E-state index < -0.39 is 0 Å². The first-order valence-corrected chi connectivity index (χ1v) is 8.31. The average Bonchev–Trinajstić information content (AvgIpc) is 3.01. The van der Waals surface area contributed by atoms with Gasteiger partial charge in [0.15, 0.2) is 0 Å². The zero-order valence-corrected chi connectivity index (χ0v) is 14.3. The van der Waals surface area contributed by atoms with Gasteiger partial charge >= 0.3 is 0 Å². The Morgan fingerprint density at radius 1 is 1.17 bits per heavy atom. The van der Waals surface area contributed by atoms with Crippen LogP contribution < -0.4 is 0 Å². The van der Waals surface area contributed by atoms with Gasteiger partial charge in [-0.2, -0.15) is 0 Å². The van der Waals surface area contributed by atoms with Crippen LogP contribution in [0.5, 0.6) is 0 Å². The second kappa shape index (κ2) is 6.81. The van der Waals surface area contributed by atoms with Crippen LogP contribution in [0.25, 0.3) is 0 Å². The van der Waals surface area contributed by atoms with Gasteiger partial charge in [-0.3, -0.25) is 4.90 Å². The molecule has 0 amide bonds. The summed E-state index contributed by atoms with van der Waals surface area (Å²) < 4.78 is 11.9. The minimum absolute atomic E-state index is 0.0693. The standard InChI is InChI=1S/C18H25N3O2/c1-12(2)18-20-19-16(23-18)10-21-13(3)11-22-17(14(21)4)15-8-6-5-7-9-15/h5-9,12-14,17H,10-11H2,1-4H3/t13-,14+,17-/m1/s1. The van der Waals surface area contributed by atoms with E-state index >= 15 is 0 Å². The number of hydrogen-bond donors (Lipinski definition) is 0. The average molecular weight is 315 g/mol. The van der Waals surface area contributed by atoms with Crippen molar-refractivity contribution in [2.75, 3.05) is 6.61 Å². The lowest BCUT2D eigenvalue weighted by Crippen LogP contribution is -2.50. The Morgan fingerprint density at radius 3 is 2.57 bits per heavy atom. The molecule has 1 saturated heterocycles. The quantitative estimate of drug-likeness (QED) is 0.863. The van der Waals surface area contributed by atoms with Crippen molar-refractivity contribution >= 4 is 0 Å². The normalized spacial score (nSPS) is 25.9. The number of hydrogen-bond acceptors (Lipinski definition) is 5. The van der Waals surface area contributed by atoms with E-state index in [1.165, 1.54) is 5.56 Å². The molecule has 1 aromatic carbocycles. The molecule has 3 rings (SSSR count). The molecule has 2 heterocycles. The number of aromatic nitrogens is 2. The van der Waals surface area contributed by atoms with Crippen LogP contribution in [0.2, 0.25) is 0 Å². The van der Waals surface area contributed by atoms with E-state index in [1.54, 1.807) is 0 Å². The molecule has 23 heavy (non-hydrogen) atoms. The van der Waals surface area contributed by atoms with E-state index in [2.05, 4.69) is 67.1 Å². The van der Waals surface area contributed by atoms with Crippen LogP contribution in [-0.2, 0) is 11.3 Å². The van der Waals surface area contributed by atoms with Gasteiger partial charge in [-0.25, -0.2) is 0 Å². The van der Waals surface area contributed by atoms with E-state index in [-0.39, 0.29) is 18.1 Å². The summed E-state index contributed by atoms with van der Waals surface area (Å²) in [7, 11) is 0. The van der Waals surface area contributed by atoms with E-state index in [0.717, 1.165) is 0 Å². The molecule has 1 aromatic heterocycles. The molecule has 0 N–H and O–H groups in total. The maximum atomic E-state index is 6.09. The van der Waals surface area contributed by atoms with Gasteiger partial charge in [-0.1, -0.05) is 44.2 Å². The van der Waals surface area contributed by atoms with Gasteiger partial charge in [-0.05, 0) is 19.4 Å². The van der Waals surface area contributed by atoms with E-state index in [1.807, 2.05) is 6.07 Å². The Kier molecular flexibility index (Phi) is 4.78. The van der Waals surface area contributed by atoms with Crippen molar-refractivity contribution in [1.82, 2.24) is 15.1 Å². The van der Waals surface area contributed by atoms with Crippen LogP contribution in [0.3, 0.4) is 0 Å². The van der Waals surface area contributed by atoms with Crippen LogP contribution in [-0.4, -0.2) is 33.8 Å². The summed E-state index contributed by atoms with van der Waals surface area (Å²) in [4.78, 5) is 2.39. The summed E-state index contributed by atoms with van der Waals surface area (Å²) >= 11 is 0. The lowest BCUT2D eigenvalue weighted by atomic mass is 9.98. The maximum absolute atomic E-state index is 6.09. The first-order valence-electron chi connectivity index (χ1n) is 8.31. The third kappa shape index (κ3) is 3.46. The fraction of sp³-hybridized carbons (Fsp3) is 0.556. The number of benzene rings is 1. The van der Waals surface area contributed by atoms with Gasteiger partial charge in [0.25, 0.3) is 0 Å². The Morgan fingerprint density at radius 2 is 1.91 bits per heavy atom. The van der Waals surface area contributed by atoms with Gasteiger partial charge in [-0.15, -0.1) is 10.2 Å². The van der Waals surface area contributed by atoms with Crippen molar-refractivity contribution in [3.05, 3.63) is 47.7 Å². The van der Waals surface area contributed by atoms with Crippen molar-refractivity contribution < 1.29 is 9.15 Å². The van der Waals surface area contributed by atoms with Crippen LogP contribution in [0.15, 0.2) is 34.7 Å². The molecule has 1 fully saturated rings. The summed E-state index contributed by atoms with van der Waals surface area (Å²) in [5.41, 5.74) is 1.21. The smallest absolute Gasteiger partial charge is 0.230 e. The lowest BCUT2D eigenvalue weighted by Gasteiger charge is -2.43. The van der Waals surface area contributed by atoms with Crippen LogP contribution in [0.4, 0.5) is 0 Å². The molecule has 0 bridgehead atoms. The number of ether oxygens (including phenoxy) is 1. The van der Waals surface area contributed by atoms with Crippen molar-refractivity contribution in [2.45, 2.75) is 58.3 Å². The largest absolute Gasteiger partial charge is 0.424 e. The fourth-order valence-corrected chi connectivity index (χ4v) is 3.09. The minimum atomic E-state index is 0.0693. The first kappa shape index (κ1) is 16.1. The lowest BCUT2D eigenvalue weighted by molar-refractivity contribution is -0.102. The van der Waals surface area contributed by atoms with Crippen LogP contribution >= 0.6 is 0 Å². The number of rotatable bonds is 4. The van der Waals surface area contributed by atoms with Crippen LogP contribution in [0, 0.1) is 0 Å². The molecule has 0 unspecified atom stereocenters. The summed E-state index contributed by atoms with van der Waals surface area (Å²) in [6.45, 7) is 9.86. The summed E-state index contributed by atoms with van der Waals surface area (Å²) in [5, 5.41) is 8.33. The van der Waals surface area contributed by atoms with E-state index in [9.17, 15) is 0 Å². The summed E-state index contributed by atoms with van der Waals surface area (Å²) in [5.74, 6) is 1.64. The molecule has 0 aliphatic carbocycles. The highest BCUT2D eigenvalue weighted by molar-refractivity contribution is 5.19. The molecule has 3 atom stereocenters. The molecular formula is C18H25N3O2. The molecule has 2 aromatic rings. The molecule has 0 radical (unpaired) electrons. The molecule has 1 aliphatic heterocycles. The highest BCUT2D eigenvalue weighted by Gasteiger charge is 2.35. The van der Waals surface area contributed by atoms with Crippen LogP contribution in [0.1, 0.15) is 57.1 Å². The summed E-state index contributed by atoms with van der Waals surface area (Å²) in [6, 6.07) is 11.0. The number of nitrogens with zero attached hydrogens (tertiary/aromatic N) is 3. The monoisotopic (exact) mass is 315 g/mol. The van der Waals surface area contributed by atoms with Crippen molar-refractivity contribution in [3.8, 4) is 0 Å². The molecule has 1 aliphatic rings. The maximum Gasteiger partial charge on any atom is 0.230 e. The SMILES string of the molecule is CC(C)c1nnc(CN2[C@H](C)CO[C@@H](c3ccccc3)[C@@H]2C)o1. The molecule has 5 heteroatoms. The second-order valence-corrected chi connectivity index (χ2v) is 6.62. The first-order chi connectivity index (χ1) is 11.1. The zero-order chi connectivity index (χ0) is 16.4. The third-order valence-corrected chi connectivity index (χ3v) is 4.47. The predicted molar refractivity (Wildman–Crippen MR) is 88.0 cm³/mol. The molecule has 5 nitrogen and oxygen atoms in total. The molecule has 0 spiro atoms. The molecule has 0 saturated carbocycles. The van der Waals surface area contributed by atoms with Gasteiger partial charge in [0.05, 0.1) is 19.3 Å². The number of morpholine rings is 1. The van der Waals surface area contributed by atoms with E-state index in [4.69, 9.17) is 9.15 Å². The van der Waals surface area contributed by atoms with Crippen molar-refractivity contribution in [3.63, 3.8) is 0 Å². The van der Waals surface area contributed by atoms with Crippen molar-refractivity contribution in [2.24, 2.45) is 0 Å². The van der Waals surface area contributed by atoms with Gasteiger partial charge in [0.2, 0.25) is 11.8 Å². The van der Waals surface area contributed by atoms with E-state index in [0.29, 0.717) is 31.0 Å². The van der Waals surface area contributed by atoms with Gasteiger partial charge in [0.1, 0.15) is 0 Å². The third-order valence-electron chi connectivity index (χ3n) is 4.47. The fourth-order valence-electron chi connectivity index (χ4n) is 3.09.